The van der Waals surface area contributed by atoms with Gasteiger partial charge in [-0.05, 0) is 38.0 Å². The van der Waals surface area contributed by atoms with E-state index in [9.17, 15) is 4.79 Å². The predicted molar refractivity (Wildman–Crippen MR) is 59.7 cm³/mol. The Bertz CT molecular complexity index is 199. The van der Waals surface area contributed by atoms with Crippen LogP contribution in [0, 0.1) is 11.3 Å². The second-order valence-electron chi connectivity index (χ2n) is 5.15. The molecule has 0 aromatic carbocycles. The second-order valence-corrected chi connectivity index (χ2v) is 5.15. The van der Waals surface area contributed by atoms with E-state index in [0.717, 1.165) is 32.5 Å². The Labute approximate surface area is 92.4 Å². The SMILES string of the molecule is O=CC1(C2CCCCC2)CCCOCC1. The standard InChI is InChI=1S/C13H22O2/c14-11-13(7-4-9-15-10-8-13)12-5-2-1-3-6-12/h11-12H,1-10H2. The highest BCUT2D eigenvalue weighted by Crippen LogP contribution is 2.43. The highest BCUT2D eigenvalue weighted by Gasteiger charge is 2.39. The molecule has 0 bridgehead atoms. The summed E-state index contributed by atoms with van der Waals surface area (Å²) in [6.07, 6.45) is 10.9. The Hall–Kier alpha value is -0.370. The summed E-state index contributed by atoms with van der Waals surface area (Å²) in [6.45, 7) is 1.64. The molecule has 2 fully saturated rings. The van der Waals surface area contributed by atoms with E-state index in [2.05, 4.69) is 0 Å². The van der Waals surface area contributed by atoms with Crippen molar-refractivity contribution in [1.29, 1.82) is 0 Å². The molecule has 0 spiro atoms. The predicted octanol–water partition coefficient (Wildman–Crippen LogP) is 2.95. The number of carbonyl (C=O) groups excluding carboxylic acids is 1. The molecule has 2 aliphatic rings. The van der Waals surface area contributed by atoms with Gasteiger partial charge in [0, 0.05) is 18.6 Å². The van der Waals surface area contributed by atoms with Crippen molar-refractivity contribution in [2.24, 2.45) is 11.3 Å². The number of hydrogen-bond donors (Lipinski definition) is 0. The van der Waals surface area contributed by atoms with Crippen LogP contribution in [0.3, 0.4) is 0 Å². The van der Waals surface area contributed by atoms with Gasteiger partial charge in [0.2, 0.25) is 0 Å². The van der Waals surface area contributed by atoms with Crippen molar-refractivity contribution in [1.82, 2.24) is 0 Å². The molecule has 86 valence electrons. The van der Waals surface area contributed by atoms with E-state index in [0.29, 0.717) is 5.92 Å². The summed E-state index contributed by atoms with van der Waals surface area (Å²) in [5.74, 6) is 0.644. The number of hydrogen-bond acceptors (Lipinski definition) is 2. The molecule has 0 aromatic heterocycles. The highest BCUT2D eigenvalue weighted by molar-refractivity contribution is 5.60. The molecule has 0 N–H and O–H groups in total. The molecule has 0 aromatic rings. The van der Waals surface area contributed by atoms with E-state index in [-0.39, 0.29) is 5.41 Å². The average molecular weight is 210 g/mol. The number of ether oxygens (including phenoxy) is 1. The molecule has 2 rings (SSSR count). The minimum Gasteiger partial charge on any atom is -0.381 e. The van der Waals surface area contributed by atoms with E-state index >= 15 is 0 Å². The number of aldehydes is 1. The Morgan fingerprint density at radius 3 is 2.53 bits per heavy atom. The van der Waals surface area contributed by atoms with Gasteiger partial charge < -0.3 is 9.53 Å². The van der Waals surface area contributed by atoms with Gasteiger partial charge >= 0.3 is 0 Å². The van der Waals surface area contributed by atoms with Gasteiger partial charge in [0.1, 0.15) is 6.29 Å². The molecule has 1 atom stereocenters. The second kappa shape index (κ2) is 5.11. The zero-order valence-corrected chi connectivity index (χ0v) is 9.54. The zero-order valence-electron chi connectivity index (χ0n) is 9.54. The fraction of sp³-hybridized carbons (Fsp3) is 0.923. The molecule has 1 heterocycles. The fourth-order valence-corrected chi connectivity index (χ4v) is 3.29. The van der Waals surface area contributed by atoms with Gasteiger partial charge in [-0.15, -0.1) is 0 Å². The average Bonchev–Trinajstić information content (AvgIpc) is 2.56. The molecular weight excluding hydrogens is 188 g/mol. The van der Waals surface area contributed by atoms with Crippen molar-refractivity contribution in [2.75, 3.05) is 13.2 Å². The largest absolute Gasteiger partial charge is 0.381 e. The summed E-state index contributed by atoms with van der Waals surface area (Å²) in [5, 5.41) is 0. The molecule has 1 aliphatic heterocycles. The molecule has 2 heteroatoms. The lowest BCUT2D eigenvalue weighted by atomic mass is 9.66. The van der Waals surface area contributed by atoms with Crippen LogP contribution in [0.4, 0.5) is 0 Å². The number of carbonyl (C=O) groups is 1. The minimum absolute atomic E-state index is 0.0308. The smallest absolute Gasteiger partial charge is 0.126 e. The third-order valence-corrected chi connectivity index (χ3v) is 4.30. The van der Waals surface area contributed by atoms with Gasteiger partial charge in [-0.3, -0.25) is 0 Å². The first-order chi connectivity index (χ1) is 7.37. The van der Waals surface area contributed by atoms with Gasteiger partial charge in [0.05, 0.1) is 0 Å². The Morgan fingerprint density at radius 1 is 1.00 bits per heavy atom. The first-order valence-corrected chi connectivity index (χ1v) is 6.41. The van der Waals surface area contributed by atoms with Crippen molar-refractivity contribution in [3.63, 3.8) is 0 Å². The van der Waals surface area contributed by atoms with Crippen LogP contribution in [0.1, 0.15) is 51.4 Å². The molecule has 1 aliphatic carbocycles. The van der Waals surface area contributed by atoms with Gasteiger partial charge in [-0.2, -0.15) is 0 Å². The number of rotatable bonds is 2. The Balaban J connectivity index is 2.06. The molecule has 2 nitrogen and oxygen atoms in total. The summed E-state index contributed by atoms with van der Waals surface area (Å²) < 4.78 is 5.48. The van der Waals surface area contributed by atoms with Crippen LogP contribution in [0.5, 0.6) is 0 Å². The van der Waals surface area contributed by atoms with Crippen molar-refractivity contribution in [3.8, 4) is 0 Å². The van der Waals surface area contributed by atoms with Crippen LogP contribution in [0.25, 0.3) is 0 Å². The lowest BCUT2D eigenvalue weighted by molar-refractivity contribution is -0.121. The van der Waals surface area contributed by atoms with Crippen LogP contribution in [-0.2, 0) is 9.53 Å². The van der Waals surface area contributed by atoms with E-state index < -0.39 is 0 Å². The van der Waals surface area contributed by atoms with Gasteiger partial charge in [-0.1, -0.05) is 19.3 Å². The van der Waals surface area contributed by atoms with Crippen LogP contribution in [-0.4, -0.2) is 19.5 Å². The van der Waals surface area contributed by atoms with Crippen LogP contribution < -0.4 is 0 Å². The van der Waals surface area contributed by atoms with Gasteiger partial charge in [0.15, 0.2) is 0 Å². The maximum Gasteiger partial charge on any atom is 0.126 e. The van der Waals surface area contributed by atoms with E-state index in [1.807, 2.05) is 0 Å². The summed E-state index contributed by atoms with van der Waals surface area (Å²) in [4.78, 5) is 11.5. The third kappa shape index (κ3) is 2.41. The summed E-state index contributed by atoms with van der Waals surface area (Å²) in [5.41, 5.74) is -0.0308. The van der Waals surface area contributed by atoms with E-state index in [1.54, 1.807) is 0 Å². The first-order valence-electron chi connectivity index (χ1n) is 6.41. The van der Waals surface area contributed by atoms with Crippen LogP contribution >= 0.6 is 0 Å². The van der Waals surface area contributed by atoms with Gasteiger partial charge in [-0.25, -0.2) is 0 Å². The van der Waals surface area contributed by atoms with Crippen LogP contribution in [0.2, 0.25) is 0 Å². The van der Waals surface area contributed by atoms with Crippen LogP contribution in [0.15, 0.2) is 0 Å². The van der Waals surface area contributed by atoms with Crippen molar-refractivity contribution < 1.29 is 9.53 Å². The highest BCUT2D eigenvalue weighted by atomic mass is 16.5. The summed E-state index contributed by atoms with van der Waals surface area (Å²) in [7, 11) is 0. The summed E-state index contributed by atoms with van der Waals surface area (Å²) >= 11 is 0. The van der Waals surface area contributed by atoms with Crippen molar-refractivity contribution in [2.45, 2.75) is 51.4 Å². The monoisotopic (exact) mass is 210 g/mol. The lowest BCUT2D eigenvalue weighted by Crippen LogP contribution is -2.34. The van der Waals surface area contributed by atoms with Crippen molar-refractivity contribution in [3.05, 3.63) is 0 Å². The normalized spacial score (nSPS) is 34.7. The Kier molecular flexibility index (Phi) is 3.79. The Morgan fingerprint density at radius 2 is 1.80 bits per heavy atom. The molecule has 1 saturated heterocycles. The summed E-state index contributed by atoms with van der Waals surface area (Å²) in [6, 6.07) is 0. The zero-order chi connectivity index (χ0) is 10.6. The van der Waals surface area contributed by atoms with Gasteiger partial charge in [0.25, 0.3) is 0 Å². The lowest BCUT2D eigenvalue weighted by Gasteiger charge is -2.37. The quantitative estimate of drug-likeness (QED) is 0.655. The van der Waals surface area contributed by atoms with E-state index in [1.165, 1.54) is 38.4 Å². The van der Waals surface area contributed by atoms with Crippen molar-refractivity contribution >= 4 is 6.29 Å². The molecule has 0 amide bonds. The molecule has 0 radical (unpaired) electrons. The topological polar surface area (TPSA) is 26.3 Å². The third-order valence-electron chi connectivity index (χ3n) is 4.30. The first kappa shape index (κ1) is 11.1. The molecular formula is C13H22O2. The maximum absolute atomic E-state index is 11.5. The minimum atomic E-state index is -0.0308. The maximum atomic E-state index is 11.5. The fourth-order valence-electron chi connectivity index (χ4n) is 3.29. The molecule has 1 saturated carbocycles. The molecule has 1 unspecified atom stereocenters. The van der Waals surface area contributed by atoms with E-state index in [4.69, 9.17) is 4.74 Å². The molecule has 15 heavy (non-hydrogen) atoms.